The first-order chi connectivity index (χ1) is 35.6. The molecule has 3 aromatic rings. The SMILES string of the molecule is CC(=O)O[C@H]1C(=O)[C@@]2(C)C([C@H](OC(=O)c3ccccc3)[C@@]3(O)CC1=C(C)C(OC(=O)[C@H](O)[C@@H](NC(=O)c1ccccc1)c1ccccc1)C3)[C@]1(OC(C)=O)CO[C@@H]1C[C@H]2OC(=O)COC1OC(CO)C(O)C(O)C1O. The number of carbonyl (C=O) groups excluding carboxylic acids is 7. The highest BCUT2D eigenvalue weighted by Crippen LogP contribution is 2.62. The quantitative estimate of drug-likeness (QED) is 0.0618. The van der Waals surface area contributed by atoms with Gasteiger partial charge in [0.1, 0.15) is 61.0 Å². The third-order valence-corrected chi connectivity index (χ3v) is 14.9. The summed E-state index contributed by atoms with van der Waals surface area (Å²) in [6.07, 6.45) is -20.9. The number of amides is 1. The number of nitrogens with one attached hydrogen (secondary N) is 1. The number of hydrogen-bond acceptors (Lipinski definition) is 21. The standard InChI is InChI=1S/C53H59NO21/c1-26-32-21-52(67,22-33(26)71-49(66)40(60)38(29-14-8-5-9-15-29)54-47(64)30-16-10-6-11-17-30)46(74-48(65)31-18-12-7-13-19-31)44-51(4,45(63)43(32)70-27(2)56)35(20-36-53(44,25-69-36)75-28(3)57)73-37(58)24-68-50-42(62)41(61)39(59)34(23-55)72-50/h5-19,33-36,38-44,46,50,55,59-62,67H,20-25H2,1-4H3,(H,54,64)/t33?,34?,35-,36-,38+,39?,40-,41?,42?,43-,44?,46+,50?,51-,52-,53+/m1/s1. The van der Waals surface area contributed by atoms with Gasteiger partial charge in [0.2, 0.25) is 0 Å². The summed E-state index contributed by atoms with van der Waals surface area (Å²) in [6, 6.07) is 22.2. The molecule has 2 saturated heterocycles. The molecule has 2 heterocycles. The van der Waals surface area contributed by atoms with Crippen LogP contribution in [0.25, 0.3) is 0 Å². The first kappa shape index (κ1) is 54.8. The molecule has 8 rings (SSSR count). The topological polar surface area (TPSA) is 327 Å². The second kappa shape index (κ2) is 22.0. The van der Waals surface area contributed by atoms with E-state index in [1.165, 1.54) is 50.2 Å². The van der Waals surface area contributed by atoms with Gasteiger partial charge in [0.05, 0.1) is 36.2 Å². The van der Waals surface area contributed by atoms with Crippen molar-refractivity contribution in [2.75, 3.05) is 19.8 Å². The molecule has 402 valence electrons. The number of fused-ring (bicyclic) bond motifs is 5. The van der Waals surface area contributed by atoms with Crippen LogP contribution < -0.4 is 5.32 Å². The van der Waals surface area contributed by atoms with Crippen LogP contribution in [0.3, 0.4) is 0 Å². The summed E-state index contributed by atoms with van der Waals surface area (Å²) >= 11 is 0. The van der Waals surface area contributed by atoms with Crippen molar-refractivity contribution in [3.8, 4) is 0 Å². The number of ether oxygens (including phenoxy) is 8. The number of aliphatic hydroxyl groups excluding tert-OH is 5. The summed E-state index contributed by atoms with van der Waals surface area (Å²) in [5.41, 5.74) is -6.30. The average Bonchev–Trinajstić information content (AvgIpc) is 3.39. The molecule has 5 aliphatic rings. The smallest absolute Gasteiger partial charge is 0.338 e. The minimum Gasteiger partial charge on any atom is -0.459 e. The van der Waals surface area contributed by atoms with E-state index in [-0.39, 0.29) is 22.3 Å². The maximum atomic E-state index is 16.0. The molecule has 16 atom stereocenters. The van der Waals surface area contributed by atoms with E-state index in [2.05, 4.69) is 5.32 Å². The maximum absolute atomic E-state index is 16.0. The Labute approximate surface area is 429 Å². The molecule has 3 aliphatic carbocycles. The van der Waals surface area contributed by atoms with Crippen LogP contribution in [0, 0.1) is 11.3 Å². The van der Waals surface area contributed by atoms with Gasteiger partial charge in [-0.05, 0) is 54.8 Å². The number of hydrogen-bond donors (Lipinski definition) is 7. The summed E-state index contributed by atoms with van der Waals surface area (Å²) < 4.78 is 47.3. The van der Waals surface area contributed by atoms with Gasteiger partial charge < -0.3 is 73.9 Å². The number of esters is 5. The van der Waals surface area contributed by atoms with Crippen LogP contribution in [0.4, 0.5) is 0 Å². The summed E-state index contributed by atoms with van der Waals surface area (Å²) in [6.45, 7) is 2.52. The van der Waals surface area contributed by atoms with Crippen molar-refractivity contribution < 1.29 is 102 Å². The fourth-order valence-corrected chi connectivity index (χ4v) is 11.1. The monoisotopic (exact) mass is 1050 g/mol. The zero-order valence-corrected chi connectivity index (χ0v) is 41.2. The van der Waals surface area contributed by atoms with E-state index in [4.69, 9.17) is 37.9 Å². The van der Waals surface area contributed by atoms with E-state index in [1.807, 2.05) is 0 Å². The molecule has 2 bridgehead atoms. The molecule has 75 heavy (non-hydrogen) atoms. The van der Waals surface area contributed by atoms with E-state index >= 15 is 4.79 Å². The average molecular weight is 1050 g/mol. The predicted octanol–water partition coefficient (Wildman–Crippen LogP) is 0.467. The Bertz CT molecular complexity index is 2670. The van der Waals surface area contributed by atoms with Crippen LogP contribution in [0.5, 0.6) is 0 Å². The minimum atomic E-state index is -2.48. The molecule has 0 spiro atoms. The number of aliphatic hydroxyl groups is 6. The molecule has 7 N–H and O–H groups in total. The Kier molecular flexibility index (Phi) is 16.1. The Morgan fingerprint density at radius 2 is 1.44 bits per heavy atom. The van der Waals surface area contributed by atoms with Crippen molar-refractivity contribution in [2.45, 2.75) is 132 Å². The van der Waals surface area contributed by atoms with Gasteiger partial charge in [-0.15, -0.1) is 0 Å². The highest BCUT2D eigenvalue weighted by Gasteiger charge is 2.77. The second-order valence-electron chi connectivity index (χ2n) is 19.7. The van der Waals surface area contributed by atoms with Crippen LogP contribution >= 0.6 is 0 Å². The van der Waals surface area contributed by atoms with Gasteiger partial charge in [0.15, 0.2) is 29.9 Å². The molecular formula is C53H59NO21. The number of ketones is 1. The highest BCUT2D eigenvalue weighted by molar-refractivity contribution is 5.96. The largest absolute Gasteiger partial charge is 0.459 e. The summed E-state index contributed by atoms with van der Waals surface area (Å²) in [7, 11) is 0. The lowest BCUT2D eigenvalue weighted by Crippen LogP contribution is -2.80. The molecule has 0 radical (unpaired) electrons. The third kappa shape index (κ3) is 10.6. The second-order valence-corrected chi connectivity index (χ2v) is 19.7. The number of benzene rings is 3. The molecule has 22 heteroatoms. The van der Waals surface area contributed by atoms with E-state index in [0.717, 1.165) is 13.8 Å². The van der Waals surface area contributed by atoms with Gasteiger partial charge in [-0.2, -0.15) is 0 Å². The Morgan fingerprint density at radius 1 is 0.813 bits per heavy atom. The van der Waals surface area contributed by atoms with Crippen LogP contribution in [-0.4, -0.2) is 171 Å². The molecule has 22 nitrogen and oxygen atoms in total. The minimum absolute atomic E-state index is 0.0283. The van der Waals surface area contributed by atoms with Crippen LogP contribution in [0.2, 0.25) is 0 Å². The van der Waals surface area contributed by atoms with Crippen molar-refractivity contribution >= 4 is 41.5 Å². The van der Waals surface area contributed by atoms with Gasteiger partial charge in [-0.25, -0.2) is 14.4 Å². The molecule has 2 saturated carbocycles. The molecular weight excluding hydrogens is 987 g/mol. The van der Waals surface area contributed by atoms with Crippen LogP contribution in [-0.2, 0) is 61.9 Å². The lowest BCUT2D eigenvalue weighted by atomic mass is 9.48. The van der Waals surface area contributed by atoms with Gasteiger partial charge in [0.25, 0.3) is 5.91 Å². The first-order valence-corrected chi connectivity index (χ1v) is 24.2. The lowest BCUT2D eigenvalue weighted by Gasteiger charge is -2.65. The van der Waals surface area contributed by atoms with Gasteiger partial charge in [-0.1, -0.05) is 66.7 Å². The van der Waals surface area contributed by atoms with Crippen molar-refractivity contribution in [2.24, 2.45) is 11.3 Å². The number of rotatable bonds is 15. The molecule has 0 aromatic heterocycles. The summed E-state index contributed by atoms with van der Waals surface area (Å²) in [5.74, 6) is -8.88. The van der Waals surface area contributed by atoms with Crippen LogP contribution in [0.15, 0.2) is 102 Å². The van der Waals surface area contributed by atoms with Crippen molar-refractivity contribution in [3.63, 3.8) is 0 Å². The highest BCUT2D eigenvalue weighted by atomic mass is 16.7. The zero-order valence-electron chi connectivity index (χ0n) is 41.2. The number of carbonyl (C=O) groups is 7. The zero-order chi connectivity index (χ0) is 54.1. The Hall–Kier alpha value is -6.47. The van der Waals surface area contributed by atoms with Crippen molar-refractivity contribution in [1.29, 1.82) is 0 Å². The normalized spacial score (nSPS) is 33.8. The summed E-state index contributed by atoms with van der Waals surface area (Å²) in [4.78, 5) is 98.8. The van der Waals surface area contributed by atoms with E-state index in [9.17, 15) is 59.4 Å². The number of Topliss-reactive ketones (excluding diaryl/α,β-unsaturated/α-hetero) is 1. The van der Waals surface area contributed by atoms with Gasteiger partial charge >= 0.3 is 29.8 Å². The molecule has 2 aliphatic heterocycles. The predicted molar refractivity (Wildman–Crippen MR) is 252 cm³/mol. The van der Waals surface area contributed by atoms with Crippen molar-refractivity contribution in [1.82, 2.24) is 5.32 Å². The maximum Gasteiger partial charge on any atom is 0.338 e. The Balaban J connectivity index is 1.22. The van der Waals surface area contributed by atoms with Gasteiger partial charge in [-0.3, -0.25) is 19.2 Å². The van der Waals surface area contributed by atoms with E-state index < -0.39 is 177 Å². The lowest BCUT2D eigenvalue weighted by molar-refractivity contribution is -0.342. The molecule has 4 fully saturated rings. The molecule has 3 aromatic carbocycles. The molecule has 7 unspecified atom stereocenters. The van der Waals surface area contributed by atoms with Crippen molar-refractivity contribution in [3.05, 3.63) is 119 Å². The Morgan fingerprint density at radius 3 is 2.03 bits per heavy atom. The van der Waals surface area contributed by atoms with Crippen LogP contribution in [0.1, 0.15) is 79.3 Å². The summed E-state index contributed by atoms with van der Waals surface area (Å²) in [5, 5.41) is 68.9. The van der Waals surface area contributed by atoms with E-state index in [1.54, 1.807) is 54.6 Å². The van der Waals surface area contributed by atoms with Gasteiger partial charge in [0, 0.05) is 38.7 Å². The fraction of sp³-hybridized carbons (Fsp3) is 0.491. The third-order valence-electron chi connectivity index (χ3n) is 14.9. The first-order valence-electron chi connectivity index (χ1n) is 24.2. The molecule has 1 amide bonds. The fourth-order valence-electron chi connectivity index (χ4n) is 11.1. The van der Waals surface area contributed by atoms with E-state index in [0.29, 0.717) is 5.56 Å².